The number of hydrazine groups is 1. The monoisotopic (exact) mass is 233 g/mol. The fourth-order valence-corrected chi connectivity index (χ4v) is 1.11. The van der Waals surface area contributed by atoms with Gasteiger partial charge in [0.1, 0.15) is 12.4 Å². The molecule has 0 bridgehead atoms. The Kier molecular flexibility index (Phi) is 3.53. The predicted octanol–water partition coefficient (Wildman–Crippen LogP) is 1.06. The van der Waals surface area contributed by atoms with E-state index in [2.05, 4.69) is 26.0 Å². The molecule has 0 spiro atoms. The number of aromatic nitrogens is 3. The van der Waals surface area contributed by atoms with Crippen LogP contribution >= 0.6 is 0 Å². The first kappa shape index (κ1) is 10.9. The van der Waals surface area contributed by atoms with Crippen molar-refractivity contribution in [2.24, 2.45) is 0 Å². The number of ether oxygens (including phenoxy) is 1. The Morgan fingerprint density at radius 2 is 2.35 bits per heavy atom. The van der Waals surface area contributed by atoms with Gasteiger partial charge in [-0.1, -0.05) is 6.07 Å². The van der Waals surface area contributed by atoms with Crippen molar-refractivity contribution in [3.05, 3.63) is 42.4 Å². The largest absolute Gasteiger partial charge is 0.443 e. The van der Waals surface area contributed by atoms with E-state index in [1.165, 1.54) is 0 Å². The molecule has 88 valence electrons. The number of hydrogen-bond acceptors (Lipinski definition) is 5. The molecule has 17 heavy (non-hydrogen) atoms. The van der Waals surface area contributed by atoms with Gasteiger partial charge in [0.25, 0.3) is 0 Å². The van der Waals surface area contributed by atoms with Gasteiger partial charge in [0.2, 0.25) is 0 Å². The molecule has 2 rings (SSSR count). The summed E-state index contributed by atoms with van der Waals surface area (Å²) in [6.45, 7) is 0.171. The fraction of sp³-hybridized carbons (Fsp3) is 0.100. The lowest BCUT2D eigenvalue weighted by Gasteiger charge is -2.07. The zero-order valence-electron chi connectivity index (χ0n) is 8.88. The first-order valence-corrected chi connectivity index (χ1v) is 4.91. The minimum atomic E-state index is -0.580. The summed E-state index contributed by atoms with van der Waals surface area (Å²) >= 11 is 0. The highest BCUT2D eigenvalue weighted by Gasteiger charge is 2.02. The van der Waals surface area contributed by atoms with Crippen LogP contribution in [-0.4, -0.2) is 21.3 Å². The molecule has 0 unspecified atom stereocenters. The van der Waals surface area contributed by atoms with Crippen molar-refractivity contribution in [1.82, 2.24) is 20.6 Å². The summed E-state index contributed by atoms with van der Waals surface area (Å²) in [5.74, 6) is 0.573. The average molecular weight is 233 g/mol. The molecule has 0 atom stereocenters. The van der Waals surface area contributed by atoms with E-state index in [1.54, 1.807) is 30.7 Å². The third kappa shape index (κ3) is 3.49. The van der Waals surface area contributed by atoms with Gasteiger partial charge in [0, 0.05) is 24.0 Å². The maximum Gasteiger partial charge on any atom is 0.426 e. The van der Waals surface area contributed by atoms with Crippen LogP contribution in [0.2, 0.25) is 0 Å². The molecule has 0 radical (unpaired) electrons. The number of carbonyl (C=O) groups is 1. The summed E-state index contributed by atoms with van der Waals surface area (Å²) in [4.78, 5) is 15.2. The molecule has 3 N–H and O–H groups in total. The van der Waals surface area contributed by atoms with Gasteiger partial charge in [-0.2, -0.15) is 5.10 Å². The number of aromatic amines is 1. The Balaban J connectivity index is 1.71. The van der Waals surface area contributed by atoms with Crippen molar-refractivity contribution >= 4 is 11.9 Å². The number of amides is 1. The number of anilines is 1. The number of hydrogen-bond donors (Lipinski definition) is 3. The number of carbonyl (C=O) groups excluding carboxylic acids is 1. The van der Waals surface area contributed by atoms with Crippen LogP contribution in [0.25, 0.3) is 0 Å². The van der Waals surface area contributed by atoms with Gasteiger partial charge in [0.05, 0.1) is 6.20 Å². The Morgan fingerprint density at radius 1 is 1.41 bits per heavy atom. The molecule has 7 heteroatoms. The Labute approximate surface area is 97.2 Å². The summed E-state index contributed by atoms with van der Waals surface area (Å²) < 4.78 is 4.94. The van der Waals surface area contributed by atoms with E-state index >= 15 is 0 Å². The standard InChI is InChI=1S/C10H11N5O2/c16-10(15-14-9-3-5-12-13-9)17-7-8-2-1-4-11-6-8/h1-6H,7H2,(H,15,16)(H2,12,13,14). The van der Waals surface area contributed by atoms with Crippen LogP contribution in [-0.2, 0) is 11.3 Å². The van der Waals surface area contributed by atoms with E-state index < -0.39 is 6.09 Å². The zero-order valence-corrected chi connectivity index (χ0v) is 8.88. The van der Waals surface area contributed by atoms with E-state index in [4.69, 9.17) is 4.74 Å². The maximum atomic E-state index is 11.3. The molecule has 0 saturated heterocycles. The molecule has 2 aromatic heterocycles. The number of H-pyrrole nitrogens is 1. The average Bonchev–Trinajstić information content (AvgIpc) is 2.88. The lowest BCUT2D eigenvalue weighted by Crippen LogP contribution is -2.30. The lowest BCUT2D eigenvalue weighted by atomic mass is 10.3. The van der Waals surface area contributed by atoms with E-state index in [-0.39, 0.29) is 6.61 Å². The van der Waals surface area contributed by atoms with Crippen molar-refractivity contribution in [3.8, 4) is 0 Å². The normalized spacial score (nSPS) is 9.65. The second-order valence-corrected chi connectivity index (χ2v) is 3.16. The molecule has 1 amide bonds. The molecule has 2 aromatic rings. The number of nitrogens with zero attached hydrogens (tertiary/aromatic N) is 2. The van der Waals surface area contributed by atoms with Crippen molar-refractivity contribution in [2.45, 2.75) is 6.61 Å². The van der Waals surface area contributed by atoms with Crippen LogP contribution in [0.5, 0.6) is 0 Å². The van der Waals surface area contributed by atoms with Crippen LogP contribution in [0.1, 0.15) is 5.56 Å². The molecule has 0 aliphatic carbocycles. The molecular formula is C10H11N5O2. The van der Waals surface area contributed by atoms with E-state index in [0.717, 1.165) is 5.56 Å². The van der Waals surface area contributed by atoms with Crippen LogP contribution < -0.4 is 10.9 Å². The lowest BCUT2D eigenvalue weighted by molar-refractivity contribution is 0.141. The zero-order chi connectivity index (χ0) is 11.9. The van der Waals surface area contributed by atoms with Crippen molar-refractivity contribution < 1.29 is 9.53 Å². The summed E-state index contributed by atoms with van der Waals surface area (Å²) in [5, 5.41) is 6.33. The Bertz CT molecular complexity index is 457. The Morgan fingerprint density at radius 3 is 3.06 bits per heavy atom. The summed E-state index contributed by atoms with van der Waals surface area (Å²) in [6.07, 6.45) is 4.27. The highest BCUT2D eigenvalue weighted by atomic mass is 16.6. The molecule has 7 nitrogen and oxygen atoms in total. The molecule has 0 aliphatic rings. The van der Waals surface area contributed by atoms with E-state index in [1.807, 2.05) is 6.07 Å². The fourth-order valence-electron chi connectivity index (χ4n) is 1.11. The van der Waals surface area contributed by atoms with Gasteiger partial charge >= 0.3 is 6.09 Å². The highest BCUT2D eigenvalue weighted by Crippen LogP contribution is 1.99. The van der Waals surface area contributed by atoms with Gasteiger partial charge in [-0.3, -0.25) is 15.5 Å². The van der Waals surface area contributed by atoms with Crippen molar-refractivity contribution in [1.29, 1.82) is 0 Å². The maximum absolute atomic E-state index is 11.3. The minimum Gasteiger partial charge on any atom is -0.443 e. The van der Waals surface area contributed by atoms with E-state index in [9.17, 15) is 4.79 Å². The summed E-state index contributed by atoms with van der Waals surface area (Å²) in [6, 6.07) is 5.27. The number of rotatable bonds is 4. The van der Waals surface area contributed by atoms with Gasteiger partial charge < -0.3 is 4.74 Å². The molecular weight excluding hydrogens is 222 g/mol. The first-order chi connectivity index (χ1) is 8.34. The third-order valence-electron chi connectivity index (χ3n) is 1.89. The quantitative estimate of drug-likeness (QED) is 0.687. The number of nitrogens with one attached hydrogen (secondary N) is 3. The van der Waals surface area contributed by atoms with Crippen molar-refractivity contribution in [3.63, 3.8) is 0 Å². The van der Waals surface area contributed by atoms with Gasteiger partial charge in [-0.15, -0.1) is 0 Å². The first-order valence-electron chi connectivity index (χ1n) is 4.91. The molecule has 0 fully saturated rings. The number of pyridine rings is 1. The molecule has 2 heterocycles. The van der Waals surface area contributed by atoms with Gasteiger partial charge in [0.15, 0.2) is 0 Å². The second kappa shape index (κ2) is 5.50. The smallest absolute Gasteiger partial charge is 0.426 e. The van der Waals surface area contributed by atoms with Crippen LogP contribution in [0.15, 0.2) is 36.8 Å². The molecule has 0 aliphatic heterocycles. The topological polar surface area (TPSA) is 91.9 Å². The van der Waals surface area contributed by atoms with Crippen LogP contribution in [0.3, 0.4) is 0 Å². The van der Waals surface area contributed by atoms with E-state index in [0.29, 0.717) is 5.82 Å². The second-order valence-electron chi connectivity index (χ2n) is 3.16. The SMILES string of the molecule is O=C(NNc1ccn[nH]1)OCc1cccnc1. The van der Waals surface area contributed by atoms with Gasteiger partial charge in [-0.05, 0) is 6.07 Å². The van der Waals surface area contributed by atoms with Crippen LogP contribution in [0.4, 0.5) is 10.6 Å². The summed E-state index contributed by atoms with van der Waals surface area (Å²) in [5.41, 5.74) is 5.78. The van der Waals surface area contributed by atoms with Crippen molar-refractivity contribution in [2.75, 3.05) is 5.43 Å². The Hall–Kier alpha value is -2.57. The summed E-state index contributed by atoms with van der Waals surface area (Å²) in [7, 11) is 0. The van der Waals surface area contributed by atoms with Gasteiger partial charge in [-0.25, -0.2) is 10.2 Å². The highest BCUT2D eigenvalue weighted by molar-refractivity contribution is 5.68. The molecule has 0 saturated carbocycles. The van der Waals surface area contributed by atoms with Crippen LogP contribution in [0, 0.1) is 0 Å². The third-order valence-corrected chi connectivity index (χ3v) is 1.89. The predicted molar refractivity (Wildman–Crippen MR) is 59.8 cm³/mol. The molecule has 0 aromatic carbocycles. The minimum absolute atomic E-state index is 0.171.